The molecule has 0 fully saturated rings. The third-order valence-corrected chi connectivity index (χ3v) is 0. The molecule has 0 aromatic rings. The van der Waals surface area contributed by atoms with Crippen LogP contribution in [0.4, 0.5) is 0 Å². The van der Waals surface area contributed by atoms with Gasteiger partial charge in [0, 0.05) is 0 Å². The molecule has 4 heteroatoms. The summed E-state index contributed by atoms with van der Waals surface area (Å²) in [6.45, 7) is 0. The van der Waals surface area contributed by atoms with Crippen molar-refractivity contribution >= 4 is 0 Å². The maximum atomic E-state index is 0. The van der Waals surface area contributed by atoms with Gasteiger partial charge in [0.1, 0.15) is 0 Å². The van der Waals surface area contributed by atoms with Crippen molar-refractivity contribution in [3.05, 3.63) is 0 Å². The first-order valence-corrected chi connectivity index (χ1v) is 0. The monoisotopic (exact) mass is 348 g/mol. The average molecular weight is 346 g/mol. The second kappa shape index (κ2) is 17.6. The summed E-state index contributed by atoms with van der Waals surface area (Å²) in [7, 11) is 0. The van der Waals surface area contributed by atoms with Crippen molar-refractivity contribution in [1.82, 2.24) is 0 Å². The van der Waals surface area contributed by atoms with Crippen LogP contribution in [0.25, 0.3) is 0 Å². The fraction of sp³-hybridized carbons (Fsp3) is 0. The predicted octanol–water partition coefficient (Wildman–Crippen LogP) is -0.238. The van der Waals surface area contributed by atoms with Crippen LogP contribution >= 0.6 is 0 Å². The van der Waals surface area contributed by atoms with E-state index in [1.807, 2.05) is 0 Å². The Balaban J connectivity index is 0. The molecule has 0 aromatic carbocycles. The van der Waals surface area contributed by atoms with Gasteiger partial charge in [-0.3, -0.25) is 0 Å². The quantitative estimate of drug-likeness (QED) is 0.582. The van der Waals surface area contributed by atoms with Crippen LogP contribution in [0.3, 0.4) is 0 Å². The molecule has 0 aromatic heterocycles. The summed E-state index contributed by atoms with van der Waals surface area (Å²) in [5.74, 6) is 0. The Morgan fingerprint density at radius 1 is 0.500 bits per heavy atom. The van der Waals surface area contributed by atoms with E-state index >= 15 is 0 Å². The first-order chi connectivity index (χ1) is 0. The van der Waals surface area contributed by atoms with Crippen LogP contribution in [-0.4, -0.2) is 0 Å². The molecule has 0 saturated heterocycles. The molecule has 0 aliphatic rings. The third-order valence-electron chi connectivity index (χ3n) is 0. The van der Waals surface area contributed by atoms with Gasteiger partial charge in [0.05, 0.1) is 0 Å². The van der Waals surface area contributed by atoms with Crippen molar-refractivity contribution in [1.29, 1.82) is 0 Å². The van der Waals surface area contributed by atoms with E-state index in [4.69, 9.17) is 0 Å². The molecule has 0 N–H and O–H groups in total. The van der Waals surface area contributed by atoms with Crippen molar-refractivity contribution in [2.45, 2.75) is 0 Å². The Morgan fingerprint density at radius 2 is 0.500 bits per heavy atom. The Bertz CT molecular complexity index is 4.00. The third kappa shape index (κ3) is 8.82. The zero-order valence-corrected chi connectivity index (χ0v) is 6.06. The van der Waals surface area contributed by atoms with Gasteiger partial charge < -0.3 is 11.0 Å². The molecule has 0 atom stereocenters. The second-order valence-corrected chi connectivity index (χ2v) is 0. The maximum absolute atomic E-state index is 0. The number of hydrogen-bond donors (Lipinski definition) is 0. The smallest absolute Gasteiger partial charge is 2.00 e. The summed E-state index contributed by atoms with van der Waals surface area (Å²) in [6.07, 6.45) is 0. The molecule has 0 saturated carbocycles. The SMILES string of the molecule is [Gd+3].[Gd+3].[O-2].[O-2]. The molecule has 4 heavy (non-hydrogen) atoms. The van der Waals surface area contributed by atoms with Gasteiger partial charge in [-0.15, -0.1) is 0 Å². The van der Waals surface area contributed by atoms with Crippen LogP contribution in [0, 0.1) is 79.9 Å². The summed E-state index contributed by atoms with van der Waals surface area (Å²) in [6, 6.07) is 0. The Morgan fingerprint density at radius 3 is 0.500 bits per heavy atom. The fourth-order valence-corrected chi connectivity index (χ4v) is 0. The van der Waals surface area contributed by atoms with Crippen molar-refractivity contribution in [2.75, 3.05) is 0 Å². The molecular weight excluding hydrogens is 346 g/mol. The molecule has 0 rings (SSSR count). The van der Waals surface area contributed by atoms with Gasteiger partial charge in [-0.05, 0) is 0 Å². The maximum Gasteiger partial charge on any atom is 3.00 e. The summed E-state index contributed by atoms with van der Waals surface area (Å²) in [4.78, 5) is 0. The molecule has 0 heterocycles. The molecule has 0 aliphatic carbocycles. The van der Waals surface area contributed by atoms with Crippen LogP contribution < -0.4 is 0 Å². The molecule has 0 unspecified atom stereocenters. The Labute approximate surface area is 88.7 Å². The Hall–Kier alpha value is 2.57. The number of rotatable bonds is 0. The van der Waals surface area contributed by atoms with E-state index in [9.17, 15) is 0 Å². The first-order valence-electron chi connectivity index (χ1n) is 0. The molecule has 26 valence electrons. The summed E-state index contributed by atoms with van der Waals surface area (Å²) < 4.78 is 0. The number of hydrogen-bond acceptors (Lipinski definition) is 0. The zero-order valence-electron chi connectivity index (χ0n) is 1.52. The van der Waals surface area contributed by atoms with Gasteiger partial charge in [-0.25, -0.2) is 0 Å². The van der Waals surface area contributed by atoms with E-state index in [0.717, 1.165) is 0 Å². The van der Waals surface area contributed by atoms with E-state index in [2.05, 4.69) is 0 Å². The van der Waals surface area contributed by atoms with E-state index in [-0.39, 0.29) is 90.8 Å². The van der Waals surface area contributed by atoms with Gasteiger partial charge in [0.15, 0.2) is 0 Å². The van der Waals surface area contributed by atoms with E-state index in [0.29, 0.717) is 0 Å². The average Bonchev–Trinajstić information content (AvgIpc) is 0. The van der Waals surface area contributed by atoms with Crippen LogP contribution in [0.5, 0.6) is 0 Å². The molecule has 2 nitrogen and oxygen atoms in total. The summed E-state index contributed by atoms with van der Waals surface area (Å²) >= 11 is 0. The minimum atomic E-state index is 0. The van der Waals surface area contributed by atoms with Gasteiger partial charge in [0.2, 0.25) is 0 Å². The summed E-state index contributed by atoms with van der Waals surface area (Å²) in [5.41, 5.74) is 0. The largest absolute Gasteiger partial charge is 3.00 e. The van der Waals surface area contributed by atoms with Gasteiger partial charge in [-0.1, -0.05) is 0 Å². The van der Waals surface area contributed by atoms with Crippen LogP contribution in [0.15, 0.2) is 0 Å². The minimum Gasteiger partial charge on any atom is -2.00 e. The minimum absolute atomic E-state index is 0. The molecule has 0 aliphatic heterocycles. The molecule has 2 radical (unpaired) electrons. The standard InChI is InChI=1S/2Gd.2O/q2*+3;2*-2. The van der Waals surface area contributed by atoms with Gasteiger partial charge in [0.25, 0.3) is 0 Å². The van der Waals surface area contributed by atoms with E-state index in [1.165, 1.54) is 0 Å². The van der Waals surface area contributed by atoms with Crippen molar-refractivity contribution in [3.63, 3.8) is 0 Å². The van der Waals surface area contributed by atoms with Gasteiger partial charge in [-0.2, -0.15) is 0 Å². The topological polar surface area (TPSA) is 57.0 Å². The predicted molar refractivity (Wildman–Crippen MR) is 1.37 cm³/mol. The van der Waals surface area contributed by atoms with Gasteiger partial charge >= 0.3 is 79.9 Å². The van der Waals surface area contributed by atoms with Crippen molar-refractivity contribution in [3.8, 4) is 0 Å². The van der Waals surface area contributed by atoms with Crippen molar-refractivity contribution in [2.24, 2.45) is 0 Å². The Kier molecular flexibility index (Phi) is 136. The van der Waals surface area contributed by atoms with Crippen LogP contribution in [0.2, 0.25) is 0 Å². The molecular formula is Gd2O2+2. The van der Waals surface area contributed by atoms with E-state index < -0.39 is 0 Å². The normalized spacial score (nSPS) is 0. The molecule has 0 bridgehead atoms. The molecule has 0 amide bonds. The zero-order chi connectivity index (χ0) is 0. The van der Waals surface area contributed by atoms with Crippen LogP contribution in [0.1, 0.15) is 0 Å². The first kappa shape index (κ1) is 30.9. The second-order valence-electron chi connectivity index (χ2n) is 0. The van der Waals surface area contributed by atoms with Crippen molar-refractivity contribution < 1.29 is 90.8 Å². The fourth-order valence-electron chi connectivity index (χ4n) is 0. The van der Waals surface area contributed by atoms with E-state index in [1.54, 1.807) is 0 Å². The summed E-state index contributed by atoms with van der Waals surface area (Å²) in [5, 5.41) is 0. The van der Waals surface area contributed by atoms with Crippen LogP contribution in [-0.2, 0) is 11.0 Å². The molecule has 0 spiro atoms.